The van der Waals surface area contributed by atoms with E-state index in [9.17, 15) is 13.2 Å². The molecule has 9 heteroatoms. The van der Waals surface area contributed by atoms with Gasteiger partial charge in [0.05, 0.1) is 17.5 Å². The molecule has 0 unspecified atom stereocenters. The lowest BCUT2D eigenvalue weighted by Crippen LogP contribution is -2.29. The fourth-order valence-electron chi connectivity index (χ4n) is 3.53. The summed E-state index contributed by atoms with van der Waals surface area (Å²) >= 11 is 1.11. The summed E-state index contributed by atoms with van der Waals surface area (Å²) in [4.78, 5) is 15.0. The Bertz CT molecular complexity index is 1180. The molecular formula is C23H24N4O3S2. The number of carbonyl (C=O) groups is 1. The highest BCUT2D eigenvalue weighted by Crippen LogP contribution is 2.23. The van der Waals surface area contributed by atoms with Crippen molar-refractivity contribution >= 4 is 44.9 Å². The molecule has 2 N–H and O–H groups in total. The number of nitrogens with zero attached hydrogens (tertiary/aromatic N) is 2. The second-order valence-electron chi connectivity index (χ2n) is 7.42. The molecule has 0 saturated carbocycles. The molecule has 1 fully saturated rings. The molecule has 0 aliphatic carbocycles. The smallest absolute Gasteiger partial charge is 0.273 e. The van der Waals surface area contributed by atoms with Crippen molar-refractivity contribution in [2.45, 2.75) is 23.5 Å². The van der Waals surface area contributed by atoms with Gasteiger partial charge >= 0.3 is 0 Å². The summed E-state index contributed by atoms with van der Waals surface area (Å²) in [7, 11) is -3.76. The van der Waals surface area contributed by atoms with Crippen molar-refractivity contribution in [1.82, 2.24) is 5.43 Å². The zero-order valence-electron chi connectivity index (χ0n) is 17.4. The molecule has 4 rings (SSSR count). The van der Waals surface area contributed by atoms with Crippen LogP contribution >= 0.6 is 11.3 Å². The second kappa shape index (κ2) is 9.97. The first-order valence-corrected chi connectivity index (χ1v) is 12.7. The van der Waals surface area contributed by atoms with E-state index in [-0.39, 0.29) is 15.5 Å². The average Bonchev–Trinajstić information content (AvgIpc) is 3.36. The number of para-hydroxylation sites is 1. The summed E-state index contributed by atoms with van der Waals surface area (Å²) in [6, 6.07) is 17.6. The van der Waals surface area contributed by atoms with Gasteiger partial charge in [-0.3, -0.25) is 9.52 Å². The molecule has 166 valence electrons. The topological polar surface area (TPSA) is 90.9 Å². The number of benzene rings is 2. The summed E-state index contributed by atoms with van der Waals surface area (Å²) in [6.07, 6.45) is 5.30. The number of piperidine rings is 1. The van der Waals surface area contributed by atoms with Crippen molar-refractivity contribution in [3.63, 3.8) is 0 Å². The van der Waals surface area contributed by atoms with Crippen LogP contribution in [0.5, 0.6) is 0 Å². The molecule has 0 spiro atoms. The third-order valence-electron chi connectivity index (χ3n) is 5.17. The van der Waals surface area contributed by atoms with Crippen LogP contribution < -0.4 is 15.0 Å². The van der Waals surface area contributed by atoms with Gasteiger partial charge in [0.1, 0.15) is 4.21 Å². The number of hydrogen-bond donors (Lipinski definition) is 2. The first-order chi connectivity index (χ1) is 15.5. The van der Waals surface area contributed by atoms with Gasteiger partial charge < -0.3 is 4.90 Å². The highest BCUT2D eigenvalue weighted by atomic mass is 32.2. The summed E-state index contributed by atoms with van der Waals surface area (Å²) in [5, 5.41) is 5.72. The minimum Gasteiger partial charge on any atom is -0.372 e. The van der Waals surface area contributed by atoms with Crippen LogP contribution in [0.3, 0.4) is 0 Å². The first kappa shape index (κ1) is 22.0. The number of rotatable bonds is 7. The normalized spacial score (nSPS) is 14.4. The van der Waals surface area contributed by atoms with Gasteiger partial charge in [-0.05, 0) is 60.5 Å². The van der Waals surface area contributed by atoms with Gasteiger partial charge in [0.2, 0.25) is 0 Å². The largest absolute Gasteiger partial charge is 0.372 e. The molecule has 32 heavy (non-hydrogen) atoms. The molecule has 2 heterocycles. The maximum absolute atomic E-state index is 12.6. The van der Waals surface area contributed by atoms with Gasteiger partial charge in [-0.2, -0.15) is 5.10 Å². The molecule has 2 aromatic carbocycles. The van der Waals surface area contributed by atoms with Crippen LogP contribution in [0, 0.1) is 0 Å². The summed E-state index contributed by atoms with van der Waals surface area (Å²) in [5.41, 5.74) is 4.91. The minimum atomic E-state index is -3.76. The third kappa shape index (κ3) is 5.35. The number of sulfonamides is 1. The number of thiophene rings is 1. The molecule has 0 atom stereocenters. The zero-order valence-corrected chi connectivity index (χ0v) is 19.0. The lowest BCUT2D eigenvalue weighted by atomic mass is 10.1. The standard InChI is InChI=1S/C23H24N4O3S2/c28-23(20-7-2-3-8-21(20)26-32(29,30)22-9-6-16-31-22)25-24-17-18-10-12-19(13-11-18)27-14-4-1-5-15-27/h2-3,6-13,16-17,26H,1,4-5,14-15H2,(H,25,28)/b24-17-. The fourth-order valence-corrected chi connectivity index (χ4v) is 5.60. The predicted molar refractivity (Wildman–Crippen MR) is 129 cm³/mol. The second-order valence-corrected chi connectivity index (χ2v) is 10.3. The van der Waals surface area contributed by atoms with Gasteiger partial charge in [0.25, 0.3) is 15.9 Å². The molecule has 0 bridgehead atoms. The molecule has 7 nitrogen and oxygen atoms in total. The van der Waals surface area contributed by atoms with E-state index in [2.05, 4.69) is 32.3 Å². The molecule has 3 aromatic rings. The Hall–Kier alpha value is -3.17. The Morgan fingerprint density at radius 1 is 0.969 bits per heavy atom. The van der Waals surface area contributed by atoms with Crippen LogP contribution in [0.4, 0.5) is 11.4 Å². The Morgan fingerprint density at radius 2 is 1.72 bits per heavy atom. The third-order valence-corrected chi connectivity index (χ3v) is 7.93. The predicted octanol–water partition coefficient (Wildman–Crippen LogP) is 4.30. The number of nitrogens with one attached hydrogen (secondary N) is 2. The van der Waals surface area contributed by atoms with E-state index >= 15 is 0 Å². The minimum absolute atomic E-state index is 0.179. The first-order valence-electron chi connectivity index (χ1n) is 10.4. The Labute approximate surface area is 191 Å². The van der Waals surface area contributed by atoms with Crippen LogP contribution in [0.15, 0.2) is 75.4 Å². The van der Waals surface area contributed by atoms with E-state index in [1.54, 1.807) is 41.9 Å². The van der Waals surface area contributed by atoms with Crippen molar-refractivity contribution in [3.05, 3.63) is 77.2 Å². The van der Waals surface area contributed by atoms with E-state index < -0.39 is 15.9 Å². The van der Waals surface area contributed by atoms with E-state index in [0.717, 1.165) is 30.0 Å². The van der Waals surface area contributed by atoms with Gasteiger partial charge in [-0.25, -0.2) is 13.8 Å². The van der Waals surface area contributed by atoms with Gasteiger partial charge in [0.15, 0.2) is 0 Å². The van der Waals surface area contributed by atoms with Gasteiger partial charge in [-0.15, -0.1) is 11.3 Å². The van der Waals surface area contributed by atoms with Crippen molar-refractivity contribution in [3.8, 4) is 0 Å². The molecular weight excluding hydrogens is 444 g/mol. The van der Waals surface area contributed by atoms with E-state index in [1.165, 1.54) is 31.0 Å². The molecule has 1 aliphatic rings. The number of hydrogen-bond acceptors (Lipinski definition) is 6. The van der Waals surface area contributed by atoms with E-state index in [1.807, 2.05) is 12.1 Å². The number of carbonyl (C=O) groups excluding carboxylic acids is 1. The van der Waals surface area contributed by atoms with Crippen molar-refractivity contribution in [2.24, 2.45) is 5.10 Å². The Kier molecular flexibility index (Phi) is 6.87. The molecule has 1 amide bonds. The maximum Gasteiger partial charge on any atom is 0.273 e. The summed E-state index contributed by atoms with van der Waals surface area (Å²) < 4.78 is 27.7. The van der Waals surface area contributed by atoms with Crippen molar-refractivity contribution < 1.29 is 13.2 Å². The summed E-state index contributed by atoms with van der Waals surface area (Å²) in [5.74, 6) is -0.504. The number of anilines is 2. The van der Waals surface area contributed by atoms with E-state index in [4.69, 9.17) is 0 Å². The van der Waals surface area contributed by atoms with Gasteiger partial charge in [0, 0.05) is 18.8 Å². The summed E-state index contributed by atoms with van der Waals surface area (Å²) in [6.45, 7) is 2.16. The van der Waals surface area contributed by atoms with Crippen LogP contribution in [0.25, 0.3) is 0 Å². The van der Waals surface area contributed by atoms with Crippen LogP contribution in [-0.4, -0.2) is 33.6 Å². The number of hydrazone groups is 1. The SMILES string of the molecule is O=C(N/N=C\c1ccc(N2CCCCC2)cc1)c1ccccc1NS(=O)(=O)c1cccs1. The van der Waals surface area contributed by atoms with Crippen LogP contribution in [0.2, 0.25) is 0 Å². The highest BCUT2D eigenvalue weighted by Gasteiger charge is 2.19. The Balaban J connectivity index is 1.40. The van der Waals surface area contributed by atoms with Crippen LogP contribution in [0.1, 0.15) is 35.2 Å². The molecule has 1 aromatic heterocycles. The molecule has 1 aliphatic heterocycles. The maximum atomic E-state index is 12.6. The highest BCUT2D eigenvalue weighted by molar-refractivity contribution is 7.94. The molecule has 0 radical (unpaired) electrons. The zero-order chi connectivity index (χ0) is 22.4. The monoisotopic (exact) mass is 468 g/mol. The average molecular weight is 469 g/mol. The lowest BCUT2D eigenvalue weighted by molar-refractivity contribution is 0.0956. The number of amides is 1. The quantitative estimate of drug-likeness (QED) is 0.399. The Morgan fingerprint density at radius 3 is 2.44 bits per heavy atom. The van der Waals surface area contributed by atoms with Gasteiger partial charge in [-0.1, -0.05) is 30.3 Å². The van der Waals surface area contributed by atoms with Crippen molar-refractivity contribution in [2.75, 3.05) is 22.7 Å². The van der Waals surface area contributed by atoms with Crippen molar-refractivity contribution in [1.29, 1.82) is 0 Å². The molecule has 1 saturated heterocycles. The lowest BCUT2D eigenvalue weighted by Gasteiger charge is -2.28. The fraction of sp³-hybridized carbons (Fsp3) is 0.217. The van der Waals surface area contributed by atoms with Crippen LogP contribution in [-0.2, 0) is 10.0 Å². The van der Waals surface area contributed by atoms with E-state index in [0.29, 0.717) is 0 Å².